The maximum atomic E-state index is 11.5. The average Bonchev–Trinajstić information content (AvgIpc) is 2.11. The van der Waals surface area contributed by atoms with Gasteiger partial charge in [-0.3, -0.25) is 9.36 Å². The van der Waals surface area contributed by atoms with E-state index in [4.69, 9.17) is 5.11 Å². The van der Waals surface area contributed by atoms with E-state index in [0.29, 0.717) is 0 Å². The maximum Gasteiger partial charge on any atom is 0.332 e. The number of carboxylic acids is 1. The SMILES string of the molecule is CCC(C(=O)O)C(CC)(CC)P(=O)(O)O. The predicted octanol–water partition coefficient (Wildman–Crippen LogP) is 1.83. The standard InChI is InChI=1S/C9H19O5P/c1-4-7(8(10)11)9(5-2,6-3)15(12,13)14/h7H,4-6H2,1-3H3,(H,10,11)(H2,12,13,14). The first-order valence-electron chi connectivity index (χ1n) is 5.05. The van der Waals surface area contributed by atoms with Crippen LogP contribution in [0.5, 0.6) is 0 Å². The van der Waals surface area contributed by atoms with Gasteiger partial charge in [0.1, 0.15) is 0 Å². The van der Waals surface area contributed by atoms with Crippen LogP contribution in [0.25, 0.3) is 0 Å². The molecule has 0 bridgehead atoms. The van der Waals surface area contributed by atoms with E-state index >= 15 is 0 Å². The average molecular weight is 238 g/mol. The van der Waals surface area contributed by atoms with Crippen LogP contribution in [-0.2, 0) is 9.36 Å². The second-order valence-corrected chi connectivity index (χ2v) is 5.63. The van der Waals surface area contributed by atoms with Crippen molar-refractivity contribution in [2.75, 3.05) is 0 Å². The molecule has 0 aromatic rings. The zero-order valence-corrected chi connectivity index (χ0v) is 10.2. The highest BCUT2D eigenvalue weighted by molar-refractivity contribution is 7.53. The molecule has 0 saturated carbocycles. The predicted molar refractivity (Wildman–Crippen MR) is 56.8 cm³/mol. The number of hydrogen-bond donors (Lipinski definition) is 3. The Balaban J connectivity index is 5.44. The van der Waals surface area contributed by atoms with Crippen molar-refractivity contribution in [3.8, 4) is 0 Å². The highest BCUT2D eigenvalue weighted by Gasteiger charge is 2.52. The Bertz CT molecular complexity index is 266. The summed E-state index contributed by atoms with van der Waals surface area (Å²) in [5, 5.41) is 7.57. The minimum absolute atomic E-state index is 0.165. The minimum Gasteiger partial charge on any atom is -0.481 e. The number of aliphatic carboxylic acids is 1. The van der Waals surface area contributed by atoms with Gasteiger partial charge in [-0.1, -0.05) is 20.8 Å². The lowest BCUT2D eigenvalue weighted by atomic mass is 9.85. The van der Waals surface area contributed by atoms with E-state index in [2.05, 4.69) is 0 Å². The third-order valence-corrected chi connectivity index (χ3v) is 5.26. The fourth-order valence-corrected chi connectivity index (χ4v) is 3.67. The molecule has 0 aliphatic carbocycles. The van der Waals surface area contributed by atoms with E-state index in [1.807, 2.05) is 0 Å². The van der Waals surface area contributed by atoms with Gasteiger partial charge in [-0.05, 0) is 19.3 Å². The first-order chi connectivity index (χ1) is 6.76. The molecule has 0 aliphatic heterocycles. The lowest BCUT2D eigenvalue weighted by Crippen LogP contribution is -2.41. The van der Waals surface area contributed by atoms with Crippen LogP contribution in [0.1, 0.15) is 40.0 Å². The molecule has 0 rings (SSSR count). The van der Waals surface area contributed by atoms with Crippen LogP contribution < -0.4 is 0 Å². The summed E-state index contributed by atoms with van der Waals surface area (Å²) in [6.07, 6.45) is 0.555. The van der Waals surface area contributed by atoms with Gasteiger partial charge in [-0.2, -0.15) is 0 Å². The van der Waals surface area contributed by atoms with Crippen molar-refractivity contribution in [1.29, 1.82) is 0 Å². The molecule has 0 amide bonds. The molecule has 0 aliphatic rings. The Morgan fingerprint density at radius 1 is 1.27 bits per heavy atom. The van der Waals surface area contributed by atoms with Crippen LogP contribution in [0.2, 0.25) is 0 Å². The smallest absolute Gasteiger partial charge is 0.332 e. The van der Waals surface area contributed by atoms with Crippen molar-refractivity contribution in [3.05, 3.63) is 0 Å². The molecule has 0 heterocycles. The van der Waals surface area contributed by atoms with Crippen molar-refractivity contribution >= 4 is 13.6 Å². The minimum atomic E-state index is -4.41. The third kappa shape index (κ3) is 2.60. The second-order valence-electron chi connectivity index (χ2n) is 3.65. The third-order valence-electron chi connectivity index (χ3n) is 3.16. The first kappa shape index (κ1) is 14.6. The topological polar surface area (TPSA) is 94.8 Å². The Morgan fingerprint density at radius 3 is 1.73 bits per heavy atom. The Kier molecular flexibility index (Phi) is 4.97. The second kappa shape index (κ2) is 5.10. The highest BCUT2D eigenvalue weighted by Crippen LogP contribution is 2.59. The molecule has 6 heteroatoms. The fraction of sp³-hybridized carbons (Fsp3) is 0.889. The molecule has 15 heavy (non-hydrogen) atoms. The van der Waals surface area contributed by atoms with E-state index in [0.717, 1.165) is 0 Å². The normalized spacial score (nSPS) is 15.0. The van der Waals surface area contributed by atoms with Gasteiger partial charge in [0.05, 0.1) is 11.1 Å². The molecular weight excluding hydrogens is 219 g/mol. The maximum absolute atomic E-state index is 11.5. The lowest BCUT2D eigenvalue weighted by Gasteiger charge is -2.37. The Labute approximate surface area is 89.7 Å². The van der Waals surface area contributed by atoms with Crippen molar-refractivity contribution in [2.24, 2.45) is 5.92 Å². The van der Waals surface area contributed by atoms with Crippen molar-refractivity contribution in [1.82, 2.24) is 0 Å². The molecule has 90 valence electrons. The molecule has 0 aromatic carbocycles. The molecule has 1 atom stereocenters. The monoisotopic (exact) mass is 238 g/mol. The highest BCUT2D eigenvalue weighted by atomic mass is 31.2. The summed E-state index contributed by atoms with van der Waals surface area (Å²) >= 11 is 0. The van der Waals surface area contributed by atoms with Crippen LogP contribution in [-0.4, -0.2) is 26.0 Å². The molecule has 5 nitrogen and oxygen atoms in total. The summed E-state index contributed by atoms with van der Waals surface area (Å²) in [5.41, 5.74) is 0. The van der Waals surface area contributed by atoms with Crippen LogP contribution >= 0.6 is 7.60 Å². The first-order valence-corrected chi connectivity index (χ1v) is 6.66. The summed E-state index contributed by atoms with van der Waals surface area (Å²) < 4.78 is 11.5. The Morgan fingerprint density at radius 2 is 1.67 bits per heavy atom. The number of rotatable bonds is 6. The number of hydrogen-bond acceptors (Lipinski definition) is 2. The summed E-state index contributed by atoms with van der Waals surface area (Å²) in [6.45, 7) is 4.87. The van der Waals surface area contributed by atoms with E-state index in [9.17, 15) is 19.1 Å². The summed E-state index contributed by atoms with van der Waals surface area (Å²) in [4.78, 5) is 29.7. The quantitative estimate of drug-likeness (QED) is 0.613. The van der Waals surface area contributed by atoms with Crippen LogP contribution in [0.15, 0.2) is 0 Å². The van der Waals surface area contributed by atoms with E-state index in [1.54, 1.807) is 20.8 Å². The fourth-order valence-electron chi connectivity index (χ4n) is 2.14. The van der Waals surface area contributed by atoms with Gasteiger partial charge in [0, 0.05) is 0 Å². The van der Waals surface area contributed by atoms with Crippen molar-refractivity contribution in [3.63, 3.8) is 0 Å². The van der Waals surface area contributed by atoms with Crippen molar-refractivity contribution in [2.45, 2.75) is 45.2 Å². The summed E-state index contributed by atoms with van der Waals surface area (Å²) in [7, 11) is -4.41. The zero-order valence-electron chi connectivity index (χ0n) is 9.30. The lowest BCUT2D eigenvalue weighted by molar-refractivity contribution is -0.143. The molecule has 0 spiro atoms. The number of carbonyl (C=O) groups is 1. The van der Waals surface area contributed by atoms with Gasteiger partial charge in [0.25, 0.3) is 0 Å². The van der Waals surface area contributed by atoms with Crippen LogP contribution in [0.4, 0.5) is 0 Å². The molecule has 0 fully saturated rings. The summed E-state index contributed by atoms with van der Waals surface area (Å²) in [6, 6.07) is 0. The van der Waals surface area contributed by atoms with Crippen molar-refractivity contribution < 1.29 is 24.3 Å². The largest absolute Gasteiger partial charge is 0.481 e. The molecule has 1 unspecified atom stereocenters. The number of carboxylic acid groups (broad SMARTS) is 1. The van der Waals surface area contributed by atoms with Gasteiger partial charge >= 0.3 is 13.6 Å². The van der Waals surface area contributed by atoms with E-state index < -0.39 is 24.6 Å². The van der Waals surface area contributed by atoms with Gasteiger partial charge in [0.2, 0.25) is 0 Å². The molecule has 0 saturated heterocycles. The van der Waals surface area contributed by atoms with Crippen LogP contribution in [0, 0.1) is 5.92 Å². The molecule has 3 N–H and O–H groups in total. The van der Waals surface area contributed by atoms with Gasteiger partial charge in [-0.15, -0.1) is 0 Å². The van der Waals surface area contributed by atoms with Crippen LogP contribution in [0.3, 0.4) is 0 Å². The molecule has 0 aromatic heterocycles. The van der Waals surface area contributed by atoms with E-state index in [1.165, 1.54) is 0 Å². The van der Waals surface area contributed by atoms with Gasteiger partial charge < -0.3 is 14.9 Å². The Hall–Kier alpha value is -0.380. The van der Waals surface area contributed by atoms with Gasteiger partial charge in [0.15, 0.2) is 0 Å². The zero-order chi connectivity index (χ0) is 12.3. The van der Waals surface area contributed by atoms with E-state index in [-0.39, 0.29) is 19.3 Å². The molecule has 0 radical (unpaired) electrons. The summed E-state index contributed by atoms with van der Waals surface area (Å²) in [5.74, 6) is -2.13. The van der Waals surface area contributed by atoms with Gasteiger partial charge in [-0.25, -0.2) is 0 Å². The molecular formula is C9H19O5P.